The Morgan fingerprint density at radius 2 is 2.47 bits per heavy atom. The SMILES string of the molecule is CNC(C1=CCCCO1)c1csc(Br)c1. The molecular formula is C11H14BrNOS. The first-order valence-electron chi connectivity index (χ1n) is 5.05. The molecule has 0 aliphatic carbocycles. The van der Waals surface area contributed by atoms with Crippen LogP contribution in [0.25, 0.3) is 0 Å². The highest BCUT2D eigenvalue weighted by Crippen LogP contribution is 2.31. The summed E-state index contributed by atoms with van der Waals surface area (Å²) < 4.78 is 6.84. The van der Waals surface area contributed by atoms with Crippen LogP contribution in [-0.2, 0) is 4.74 Å². The molecule has 0 fully saturated rings. The monoisotopic (exact) mass is 287 g/mol. The number of thiophene rings is 1. The largest absolute Gasteiger partial charge is 0.496 e. The number of hydrogen-bond donors (Lipinski definition) is 1. The van der Waals surface area contributed by atoms with Gasteiger partial charge in [0.25, 0.3) is 0 Å². The van der Waals surface area contributed by atoms with Crippen molar-refractivity contribution in [2.24, 2.45) is 0 Å². The first-order chi connectivity index (χ1) is 7.31. The van der Waals surface area contributed by atoms with Gasteiger partial charge in [0.1, 0.15) is 5.76 Å². The predicted molar refractivity (Wildman–Crippen MR) is 67.1 cm³/mol. The van der Waals surface area contributed by atoms with Gasteiger partial charge in [0, 0.05) is 0 Å². The van der Waals surface area contributed by atoms with Gasteiger partial charge in [-0.3, -0.25) is 0 Å². The van der Waals surface area contributed by atoms with E-state index < -0.39 is 0 Å². The van der Waals surface area contributed by atoms with E-state index in [2.05, 4.69) is 38.8 Å². The van der Waals surface area contributed by atoms with Gasteiger partial charge < -0.3 is 10.1 Å². The average Bonchev–Trinajstić information content (AvgIpc) is 2.68. The van der Waals surface area contributed by atoms with Crippen molar-refractivity contribution < 1.29 is 4.74 Å². The molecule has 2 nitrogen and oxygen atoms in total. The highest BCUT2D eigenvalue weighted by Gasteiger charge is 2.18. The molecular weight excluding hydrogens is 274 g/mol. The minimum Gasteiger partial charge on any atom is -0.496 e. The van der Waals surface area contributed by atoms with E-state index >= 15 is 0 Å². The zero-order chi connectivity index (χ0) is 10.7. The van der Waals surface area contributed by atoms with Crippen molar-refractivity contribution in [1.29, 1.82) is 0 Å². The molecule has 0 bridgehead atoms. The molecule has 1 aliphatic rings. The normalized spacial score (nSPS) is 18.1. The molecule has 2 heterocycles. The van der Waals surface area contributed by atoms with Crippen LogP contribution in [0, 0.1) is 0 Å². The number of hydrogen-bond acceptors (Lipinski definition) is 3. The molecule has 0 radical (unpaired) electrons. The Morgan fingerprint density at radius 3 is 3.00 bits per heavy atom. The van der Waals surface area contributed by atoms with Gasteiger partial charge >= 0.3 is 0 Å². The van der Waals surface area contributed by atoms with Crippen LogP contribution in [0.2, 0.25) is 0 Å². The zero-order valence-electron chi connectivity index (χ0n) is 8.63. The Bertz CT molecular complexity index is 361. The molecule has 1 aliphatic heterocycles. The standard InChI is InChI=1S/C11H14BrNOS/c1-13-11(8-6-10(12)15-7-8)9-4-2-3-5-14-9/h4,6-7,11,13H,2-3,5H2,1H3. The topological polar surface area (TPSA) is 21.3 Å². The summed E-state index contributed by atoms with van der Waals surface area (Å²) in [6, 6.07) is 2.35. The van der Waals surface area contributed by atoms with Crippen LogP contribution in [0.15, 0.2) is 27.1 Å². The van der Waals surface area contributed by atoms with Crippen LogP contribution in [0.1, 0.15) is 24.4 Å². The van der Waals surface area contributed by atoms with Crippen molar-refractivity contribution in [3.63, 3.8) is 0 Å². The molecule has 1 aromatic heterocycles. The van der Waals surface area contributed by atoms with Crippen LogP contribution < -0.4 is 5.32 Å². The fourth-order valence-corrected chi connectivity index (χ4v) is 2.93. The third-order valence-electron chi connectivity index (χ3n) is 2.46. The van der Waals surface area contributed by atoms with Crippen molar-refractivity contribution in [3.05, 3.63) is 32.6 Å². The van der Waals surface area contributed by atoms with Gasteiger partial charge in [-0.25, -0.2) is 0 Å². The fraction of sp³-hybridized carbons (Fsp3) is 0.455. The second-order valence-electron chi connectivity index (χ2n) is 3.50. The highest BCUT2D eigenvalue weighted by molar-refractivity contribution is 9.11. The molecule has 0 saturated carbocycles. The van der Waals surface area contributed by atoms with Crippen molar-refractivity contribution in [2.45, 2.75) is 18.9 Å². The van der Waals surface area contributed by atoms with Crippen LogP contribution in [0.5, 0.6) is 0 Å². The molecule has 1 atom stereocenters. The number of ether oxygens (including phenoxy) is 1. The maximum atomic E-state index is 5.68. The van der Waals surface area contributed by atoms with E-state index in [1.807, 2.05) is 7.05 Å². The molecule has 1 N–H and O–H groups in total. The number of halogens is 1. The third-order valence-corrected chi connectivity index (χ3v) is 3.98. The molecule has 0 amide bonds. The molecule has 1 aromatic rings. The van der Waals surface area contributed by atoms with E-state index in [-0.39, 0.29) is 6.04 Å². The Balaban J connectivity index is 2.19. The van der Waals surface area contributed by atoms with Gasteiger partial charge in [-0.15, -0.1) is 11.3 Å². The summed E-state index contributed by atoms with van der Waals surface area (Å²) >= 11 is 5.19. The van der Waals surface area contributed by atoms with Gasteiger partial charge in [0.05, 0.1) is 16.4 Å². The molecule has 4 heteroatoms. The maximum absolute atomic E-state index is 5.68. The number of allylic oxidation sites excluding steroid dienone is 1. The zero-order valence-corrected chi connectivity index (χ0v) is 11.0. The van der Waals surface area contributed by atoms with E-state index in [9.17, 15) is 0 Å². The molecule has 0 aromatic carbocycles. The summed E-state index contributed by atoms with van der Waals surface area (Å²) in [6.45, 7) is 0.843. The summed E-state index contributed by atoms with van der Waals surface area (Å²) in [5, 5.41) is 5.45. The van der Waals surface area contributed by atoms with E-state index in [1.54, 1.807) is 11.3 Å². The van der Waals surface area contributed by atoms with Crippen molar-refractivity contribution in [1.82, 2.24) is 5.32 Å². The lowest BCUT2D eigenvalue weighted by Crippen LogP contribution is -2.21. The molecule has 0 spiro atoms. The third kappa shape index (κ3) is 2.62. The number of likely N-dealkylation sites (N-methyl/N-ethyl adjacent to an activating group) is 1. The quantitative estimate of drug-likeness (QED) is 0.919. The van der Waals surface area contributed by atoms with Crippen LogP contribution in [0.4, 0.5) is 0 Å². The Kier molecular flexibility index (Phi) is 3.83. The van der Waals surface area contributed by atoms with E-state index in [0.717, 1.165) is 29.0 Å². The predicted octanol–water partition coefficient (Wildman–Crippen LogP) is 3.47. The van der Waals surface area contributed by atoms with E-state index in [1.165, 1.54) is 5.56 Å². The van der Waals surface area contributed by atoms with Gasteiger partial charge in [-0.1, -0.05) is 0 Å². The van der Waals surface area contributed by atoms with E-state index in [0.29, 0.717) is 0 Å². The Hall–Kier alpha value is -0.320. The Morgan fingerprint density at radius 1 is 1.60 bits per heavy atom. The maximum Gasteiger partial charge on any atom is 0.113 e. The number of rotatable bonds is 3. The first kappa shape index (κ1) is 11.2. The minimum atomic E-state index is 0.202. The van der Waals surface area contributed by atoms with Crippen LogP contribution in [-0.4, -0.2) is 13.7 Å². The summed E-state index contributed by atoms with van der Waals surface area (Å²) in [5.74, 6) is 1.06. The lowest BCUT2D eigenvalue weighted by atomic mass is 10.1. The first-order valence-corrected chi connectivity index (χ1v) is 6.72. The van der Waals surface area contributed by atoms with E-state index in [4.69, 9.17) is 4.74 Å². The molecule has 1 unspecified atom stereocenters. The lowest BCUT2D eigenvalue weighted by molar-refractivity contribution is 0.170. The minimum absolute atomic E-state index is 0.202. The van der Waals surface area contributed by atoms with Crippen molar-refractivity contribution in [3.8, 4) is 0 Å². The number of nitrogens with one attached hydrogen (secondary N) is 1. The highest BCUT2D eigenvalue weighted by atomic mass is 79.9. The van der Waals surface area contributed by atoms with Gasteiger partial charge in [-0.2, -0.15) is 0 Å². The Labute approximate surface area is 102 Å². The second-order valence-corrected chi connectivity index (χ2v) is 5.79. The van der Waals surface area contributed by atoms with Gasteiger partial charge in [0.2, 0.25) is 0 Å². The van der Waals surface area contributed by atoms with Crippen LogP contribution in [0.3, 0.4) is 0 Å². The summed E-state index contributed by atoms with van der Waals surface area (Å²) in [6.07, 6.45) is 4.45. The molecule has 82 valence electrons. The lowest BCUT2D eigenvalue weighted by Gasteiger charge is -2.22. The average molecular weight is 288 g/mol. The van der Waals surface area contributed by atoms with Gasteiger partial charge in [-0.05, 0) is 58.9 Å². The second kappa shape index (κ2) is 5.14. The fourth-order valence-electron chi connectivity index (χ4n) is 1.73. The molecule has 0 saturated heterocycles. The summed E-state index contributed by atoms with van der Waals surface area (Å²) in [4.78, 5) is 0. The summed E-state index contributed by atoms with van der Waals surface area (Å²) in [7, 11) is 1.97. The summed E-state index contributed by atoms with van der Waals surface area (Å²) in [5.41, 5.74) is 1.27. The van der Waals surface area contributed by atoms with Crippen molar-refractivity contribution in [2.75, 3.05) is 13.7 Å². The van der Waals surface area contributed by atoms with Crippen LogP contribution >= 0.6 is 27.3 Å². The van der Waals surface area contributed by atoms with Crippen molar-refractivity contribution >= 4 is 27.3 Å². The molecule has 2 rings (SSSR count). The van der Waals surface area contributed by atoms with Gasteiger partial charge in [0.15, 0.2) is 0 Å². The molecule has 15 heavy (non-hydrogen) atoms. The smallest absolute Gasteiger partial charge is 0.113 e.